The third kappa shape index (κ3) is 6.95. The van der Waals surface area contributed by atoms with Crippen LogP contribution in [-0.4, -0.2) is 63.2 Å². The summed E-state index contributed by atoms with van der Waals surface area (Å²) in [5, 5.41) is 7.02. The third-order valence-electron chi connectivity index (χ3n) is 7.02. The van der Waals surface area contributed by atoms with Gasteiger partial charge in [-0.15, -0.1) is 24.0 Å². The van der Waals surface area contributed by atoms with Crippen molar-refractivity contribution in [1.29, 1.82) is 0 Å². The van der Waals surface area contributed by atoms with Gasteiger partial charge in [0.25, 0.3) is 0 Å². The molecule has 1 atom stereocenters. The first-order valence-electron chi connectivity index (χ1n) is 12.1. The molecule has 2 aliphatic heterocycles. The number of likely N-dealkylation sites (tertiary alicyclic amines) is 1. The second-order valence-electron chi connectivity index (χ2n) is 9.21. The fourth-order valence-corrected chi connectivity index (χ4v) is 4.95. The molecule has 1 amide bonds. The van der Waals surface area contributed by atoms with Gasteiger partial charge in [-0.25, -0.2) is 0 Å². The minimum atomic E-state index is 0. The number of aliphatic imine (C=N–C) groups is 1. The van der Waals surface area contributed by atoms with E-state index in [0.717, 1.165) is 64.6 Å². The number of amides is 1. The van der Waals surface area contributed by atoms with Crippen LogP contribution in [0, 0.1) is 5.92 Å². The second kappa shape index (κ2) is 13.1. The van der Waals surface area contributed by atoms with Gasteiger partial charge in [-0.2, -0.15) is 0 Å². The van der Waals surface area contributed by atoms with Crippen molar-refractivity contribution >= 4 is 35.8 Å². The number of halogens is 1. The van der Waals surface area contributed by atoms with Crippen LogP contribution < -0.4 is 10.6 Å². The van der Waals surface area contributed by atoms with E-state index in [0.29, 0.717) is 12.3 Å². The fraction of sp³-hybridized carbons (Fsp3) is 0.481. The number of rotatable bonds is 8. The monoisotopic (exact) mass is 576 g/mol. The first-order valence-corrected chi connectivity index (χ1v) is 12.1. The molecule has 4 rings (SSSR count). The Kier molecular flexibility index (Phi) is 10.2. The lowest BCUT2D eigenvalue weighted by Crippen LogP contribution is -2.48. The highest BCUT2D eigenvalue weighted by Crippen LogP contribution is 2.34. The van der Waals surface area contributed by atoms with Crippen LogP contribution in [0.3, 0.4) is 0 Å². The largest absolute Gasteiger partial charge is 0.381 e. The Balaban J connectivity index is 0.00000324. The second-order valence-corrected chi connectivity index (χ2v) is 9.21. The highest BCUT2D eigenvalue weighted by molar-refractivity contribution is 14.0. The summed E-state index contributed by atoms with van der Waals surface area (Å²) < 4.78 is 5.65. The summed E-state index contributed by atoms with van der Waals surface area (Å²) >= 11 is 0. The van der Waals surface area contributed by atoms with E-state index >= 15 is 0 Å². The van der Waals surface area contributed by atoms with Gasteiger partial charge in [-0.05, 0) is 30.4 Å². The summed E-state index contributed by atoms with van der Waals surface area (Å²) in [6.45, 7) is 4.72. The first-order chi connectivity index (χ1) is 16.2. The number of guanidine groups is 1. The van der Waals surface area contributed by atoms with Gasteiger partial charge in [0.15, 0.2) is 5.96 Å². The summed E-state index contributed by atoms with van der Waals surface area (Å²) in [7, 11) is 1.81. The molecular weight excluding hydrogens is 539 g/mol. The van der Waals surface area contributed by atoms with Gasteiger partial charge in [0.2, 0.25) is 5.91 Å². The zero-order valence-electron chi connectivity index (χ0n) is 20.0. The number of hydrogen-bond acceptors (Lipinski definition) is 3. The van der Waals surface area contributed by atoms with Crippen molar-refractivity contribution in [3.8, 4) is 0 Å². The van der Waals surface area contributed by atoms with Gasteiger partial charge in [0.1, 0.15) is 0 Å². The molecule has 2 aromatic rings. The molecule has 6 nitrogen and oxygen atoms in total. The molecule has 2 fully saturated rings. The zero-order chi connectivity index (χ0) is 22.9. The molecule has 0 radical (unpaired) electrons. The van der Waals surface area contributed by atoms with E-state index in [4.69, 9.17) is 4.74 Å². The molecule has 2 saturated heterocycles. The van der Waals surface area contributed by atoms with Crippen LogP contribution in [0.4, 0.5) is 0 Å². The van der Waals surface area contributed by atoms with Crippen LogP contribution in [0.2, 0.25) is 0 Å². The summed E-state index contributed by atoms with van der Waals surface area (Å²) in [4.78, 5) is 18.9. The average molecular weight is 577 g/mol. The Morgan fingerprint density at radius 3 is 2.41 bits per heavy atom. The van der Waals surface area contributed by atoms with Crippen molar-refractivity contribution < 1.29 is 9.53 Å². The number of nitrogens with zero attached hydrogens (tertiary/aromatic N) is 2. The van der Waals surface area contributed by atoms with Crippen molar-refractivity contribution in [2.24, 2.45) is 10.9 Å². The van der Waals surface area contributed by atoms with Crippen LogP contribution >= 0.6 is 24.0 Å². The lowest BCUT2D eigenvalue weighted by atomic mass is 9.74. The minimum Gasteiger partial charge on any atom is -0.381 e. The van der Waals surface area contributed by atoms with E-state index in [2.05, 4.69) is 70.2 Å². The van der Waals surface area contributed by atoms with Gasteiger partial charge in [-0.3, -0.25) is 9.79 Å². The number of nitrogens with one attached hydrogen (secondary N) is 2. The van der Waals surface area contributed by atoms with Crippen LogP contribution in [-0.2, 0) is 21.4 Å². The van der Waals surface area contributed by atoms with Crippen molar-refractivity contribution in [2.75, 3.05) is 46.4 Å². The van der Waals surface area contributed by atoms with Crippen molar-refractivity contribution in [3.05, 3.63) is 71.8 Å². The Morgan fingerprint density at radius 2 is 1.74 bits per heavy atom. The molecular formula is C27H37IN4O2. The zero-order valence-corrected chi connectivity index (χ0v) is 22.4. The summed E-state index contributed by atoms with van der Waals surface area (Å²) in [6.07, 6.45) is 3.49. The van der Waals surface area contributed by atoms with Gasteiger partial charge >= 0.3 is 0 Å². The molecule has 2 aromatic carbocycles. The SMILES string of the molecule is CN=C(NCC1CC(=O)N(CCc2ccccc2)C1)NCC1(c2ccccc2)CCOCC1.I. The molecule has 184 valence electrons. The molecule has 0 aromatic heterocycles. The number of hydrogen-bond donors (Lipinski definition) is 2. The lowest BCUT2D eigenvalue weighted by Gasteiger charge is -2.38. The molecule has 0 bridgehead atoms. The van der Waals surface area contributed by atoms with Crippen LogP contribution in [0.5, 0.6) is 0 Å². The lowest BCUT2D eigenvalue weighted by molar-refractivity contribution is -0.127. The number of carbonyl (C=O) groups excluding carboxylic acids is 1. The van der Waals surface area contributed by atoms with E-state index in [1.807, 2.05) is 11.0 Å². The van der Waals surface area contributed by atoms with Crippen LogP contribution in [0.1, 0.15) is 30.4 Å². The highest BCUT2D eigenvalue weighted by Gasteiger charge is 2.35. The Labute approximate surface area is 220 Å². The Bertz CT molecular complexity index is 917. The molecule has 0 aliphatic carbocycles. The van der Waals surface area contributed by atoms with Gasteiger partial charge < -0.3 is 20.3 Å². The molecule has 2 aliphatic rings. The summed E-state index contributed by atoms with van der Waals surface area (Å²) in [5.74, 6) is 1.36. The normalized spacial score (nSPS) is 20.0. The Morgan fingerprint density at radius 1 is 1.06 bits per heavy atom. The Hall–Kier alpha value is -2.13. The molecule has 1 unspecified atom stereocenters. The van der Waals surface area contributed by atoms with Gasteiger partial charge in [-0.1, -0.05) is 60.7 Å². The topological polar surface area (TPSA) is 66.0 Å². The van der Waals surface area contributed by atoms with E-state index in [1.165, 1.54) is 11.1 Å². The van der Waals surface area contributed by atoms with E-state index in [-0.39, 0.29) is 35.3 Å². The molecule has 0 saturated carbocycles. The average Bonchev–Trinajstić information content (AvgIpc) is 3.24. The maximum absolute atomic E-state index is 12.5. The van der Waals surface area contributed by atoms with Crippen molar-refractivity contribution in [3.63, 3.8) is 0 Å². The maximum Gasteiger partial charge on any atom is 0.223 e. The van der Waals surface area contributed by atoms with Crippen LogP contribution in [0.25, 0.3) is 0 Å². The van der Waals surface area contributed by atoms with Crippen molar-refractivity contribution in [2.45, 2.75) is 31.1 Å². The smallest absolute Gasteiger partial charge is 0.223 e. The van der Waals surface area contributed by atoms with Crippen molar-refractivity contribution in [1.82, 2.24) is 15.5 Å². The maximum atomic E-state index is 12.5. The molecule has 34 heavy (non-hydrogen) atoms. The number of ether oxygens (including phenoxy) is 1. The summed E-state index contributed by atoms with van der Waals surface area (Å²) in [6, 6.07) is 21.1. The number of carbonyl (C=O) groups is 1. The third-order valence-corrected chi connectivity index (χ3v) is 7.02. The van der Waals surface area contributed by atoms with E-state index in [1.54, 1.807) is 7.05 Å². The predicted octanol–water partition coefficient (Wildman–Crippen LogP) is 3.61. The standard InChI is InChI=1S/C27H36N4O2.HI/c1-28-26(30-21-27(13-16-33-17-14-27)24-10-6-3-7-11-24)29-19-23-18-25(32)31(20-23)15-12-22-8-4-2-5-9-22;/h2-11,23H,12-21H2,1H3,(H2,28,29,30);1H. The summed E-state index contributed by atoms with van der Waals surface area (Å²) in [5.41, 5.74) is 2.68. The first kappa shape index (κ1) is 26.5. The number of benzene rings is 2. The van der Waals surface area contributed by atoms with Crippen LogP contribution in [0.15, 0.2) is 65.7 Å². The molecule has 7 heteroatoms. The predicted molar refractivity (Wildman–Crippen MR) is 148 cm³/mol. The minimum absolute atomic E-state index is 0. The highest BCUT2D eigenvalue weighted by atomic mass is 127. The molecule has 2 N–H and O–H groups in total. The fourth-order valence-electron chi connectivity index (χ4n) is 4.95. The van der Waals surface area contributed by atoms with Gasteiger partial charge in [0, 0.05) is 64.2 Å². The van der Waals surface area contributed by atoms with E-state index < -0.39 is 0 Å². The molecule has 2 heterocycles. The van der Waals surface area contributed by atoms with E-state index in [9.17, 15) is 4.79 Å². The molecule has 0 spiro atoms. The van der Waals surface area contributed by atoms with Gasteiger partial charge in [0.05, 0.1) is 0 Å². The quantitative estimate of drug-likeness (QED) is 0.287.